The molecule has 112 valence electrons. The van der Waals surface area contributed by atoms with E-state index in [0.29, 0.717) is 12.0 Å². The Labute approximate surface area is 123 Å². The number of anilines is 1. The molecular weight excluding hydrogens is 248 g/mol. The summed E-state index contributed by atoms with van der Waals surface area (Å²) in [4.78, 5) is 2.35. The Kier molecular flexibility index (Phi) is 4.28. The normalized spacial score (nSPS) is 20.4. The first-order chi connectivity index (χ1) is 9.44. The molecule has 2 rings (SSSR count). The number of para-hydroxylation sites is 2. The van der Waals surface area contributed by atoms with Gasteiger partial charge in [-0.05, 0) is 43.2 Å². The molecule has 0 amide bonds. The van der Waals surface area contributed by atoms with E-state index in [1.807, 2.05) is 12.1 Å². The zero-order valence-electron chi connectivity index (χ0n) is 13.3. The molecule has 0 bridgehead atoms. The van der Waals surface area contributed by atoms with Gasteiger partial charge in [0.1, 0.15) is 5.75 Å². The number of nitrogens with two attached hydrogens (primary N) is 1. The van der Waals surface area contributed by atoms with Gasteiger partial charge >= 0.3 is 0 Å². The predicted octanol–water partition coefficient (Wildman–Crippen LogP) is 3.43. The highest BCUT2D eigenvalue weighted by atomic mass is 16.5. The Hall–Kier alpha value is -1.22. The van der Waals surface area contributed by atoms with Crippen LogP contribution >= 0.6 is 0 Å². The zero-order chi connectivity index (χ0) is 14.8. The first-order valence-electron chi connectivity index (χ1n) is 7.51. The van der Waals surface area contributed by atoms with E-state index in [1.165, 1.54) is 12.8 Å². The highest BCUT2D eigenvalue weighted by Crippen LogP contribution is 2.44. The minimum Gasteiger partial charge on any atom is -0.495 e. The lowest BCUT2D eigenvalue weighted by molar-refractivity contribution is 0.165. The Morgan fingerprint density at radius 1 is 1.15 bits per heavy atom. The van der Waals surface area contributed by atoms with E-state index in [2.05, 4.69) is 37.9 Å². The van der Waals surface area contributed by atoms with E-state index in [0.717, 1.165) is 24.3 Å². The molecule has 1 aliphatic rings. The van der Waals surface area contributed by atoms with Crippen molar-refractivity contribution in [2.24, 2.45) is 11.1 Å². The number of methoxy groups -OCH3 is 1. The third-order valence-corrected chi connectivity index (χ3v) is 5.07. The lowest BCUT2D eigenvalue weighted by atomic mass is 9.68. The van der Waals surface area contributed by atoms with E-state index in [9.17, 15) is 0 Å². The number of benzene rings is 1. The first kappa shape index (κ1) is 15.2. The molecule has 0 spiro atoms. The Morgan fingerprint density at radius 3 is 2.30 bits per heavy atom. The molecular formula is C17H28N2O. The van der Waals surface area contributed by atoms with E-state index in [1.54, 1.807) is 7.11 Å². The van der Waals surface area contributed by atoms with Crippen LogP contribution in [0.4, 0.5) is 5.69 Å². The molecule has 2 N–H and O–H groups in total. The van der Waals surface area contributed by atoms with Crippen LogP contribution in [-0.4, -0.2) is 26.2 Å². The quantitative estimate of drug-likeness (QED) is 0.915. The molecule has 0 aliphatic heterocycles. The van der Waals surface area contributed by atoms with E-state index in [-0.39, 0.29) is 5.54 Å². The molecule has 3 nitrogen and oxygen atoms in total. The van der Waals surface area contributed by atoms with Gasteiger partial charge in [0, 0.05) is 13.6 Å². The summed E-state index contributed by atoms with van der Waals surface area (Å²) in [6.45, 7) is 5.41. The van der Waals surface area contributed by atoms with Gasteiger partial charge in [-0.25, -0.2) is 0 Å². The first-order valence-corrected chi connectivity index (χ1v) is 7.51. The molecule has 1 saturated carbocycles. The third-order valence-electron chi connectivity index (χ3n) is 5.07. The van der Waals surface area contributed by atoms with Gasteiger partial charge in [0.25, 0.3) is 0 Å². The van der Waals surface area contributed by atoms with Crippen LogP contribution < -0.4 is 15.4 Å². The fourth-order valence-corrected chi connectivity index (χ4v) is 3.23. The van der Waals surface area contributed by atoms with Crippen LogP contribution in [0.25, 0.3) is 0 Å². The second-order valence-electron chi connectivity index (χ2n) is 6.82. The zero-order valence-corrected chi connectivity index (χ0v) is 13.3. The fraction of sp³-hybridized carbons (Fsp3) is 0.647. The largest absolute Gasteiger partial charge is 0.495 e. The molecule has 1 aromatic carbocycles. The average molecular weight is 276 g/mol. The number of hydrogen-bond donors (Lipinski definition) is 1. The maximum Gasteiger partial charge on any atom is 0.142 e. The van der Waals surface area contributed by atoms with Crippen molar-refractivity contribution in [3.63, 3.8) is 0 Å². The summed E-state index contributed by atoms with van der Waals surface area (Å²) in [5, 5.41) is 0. The molecule has 20 heavy (non-hydrogen) atoms. The van der Waals surface area contributed by atoms with Gasteiger partial charge < -0.3 is 15.4 Å². The van der Waals surface area contributed by atoms with Gasteiger partial charge in [0.15, 0.2) is 0 Å². The van der Waals surface area contributed by atoms with Crippen LogP contribution in [0.5, 0.6) is 5.75 Å². The number of hydrogen-bond acceptors (Lipinski definition) is 3. The smallest absolute Gasteiger partial charge is 0.142 e. The number of nitrogens with zero attached hydrogens (tertiary/aromatic N) is 1. The highest BCUT2D eigenvalue weighted by molar-refractivity contribution is 5.59. The summed E-state index contributed by atoms with van der Waals surface area (Å²) in [7, 11) is 3.88. The van der Waals surface area contributed by atoms with Crippen molar-refractivity contribution in [2.75, 3.05) is 25.6 Å². The molecule has 1 aliphatic carbocycles. The van der Waals surface area contributed by atoms with Crippen molar-refractivity contribution >= 4 is 5.69 Å². The maximum absolute atomic E-state index is 6.17. The van der Waals surface area contributed by atoms with Crippen LogP contribution in [0.1, 0.15) is 39.5 Å². The monoisotopic (exact) mass is 276 g/mol. The second kappa shape index (κ2) is 5.65. The second-order valence-corrected chi connectivity index (χ2v) is 6.82. The fourth-order valence-electron chi connectivity index (χ4n) is 3.23. The standard InChI is InChI=1S/C17H28N2O/c1-16(2)9-11-17(13-18,12-10-16)19(3)14-7-5-6-8-15(14)20-4/h5-8H,9-13,18H2,1-4H3. The lowest BCUT2D eigenvalue weighted by Crippen LogP contribution is -2.55. The van der Waals surface area contributed by atoms with E-state index in [4.69, 9.17) is 10.5 Å². The molecule has 0 aromatic heterocycles. The Bertz CT molecular complexity index is 446. The van der Waals surface area contributed by atoms with Crippen molar-refractivity contribution in [3.05, 3.63) is 24.3 Å². The minimum absolute atomic E-state index is 0.0597. The summed E-state index contributed by atoms with van der Waals surface area (Å²) in [5.74, 6) is 0.924. The predicted molar refractivity (Wildman–Crippen MR) is 85.4 cm³/mol. The molecule has 0 unspecified atom stereocenters. The van der Waals surface area contributed by atoms with Gasteiger partial charge in [0.2, 0.25) is 0 Å². The van der Waals surface area contributed by atoms with Crippen molar-refractivity contribution in [3.8, 4) is 5.75 Å². The van der Waals surface area contributed by atoms with Crippen LogP contribution in [0, 0.1) is 5.41 Å². The van der Waals surface area contributed by atoms with Gasteiger partial charge in [-0.15, -0.1) is 0 Å². The maximum atomic E-state index is 6.17. The molecule has 1 aromatic rings. The highest BCUT2D eigenvalue weighted by Gasteiger charge is 2.40. The van der Waals surface area contributed by atoms with Crippen molar-refractivity contribution in [1.82, 2.24) is 0 Å². The van der Waals surface area contributed by atoms with Crippen molar-refractivity contribution < 1.29 is 4.74 Å². The number of rotatable bonds is 4. The summed E-state index contributed by atoms with van der Waals surface area (Å²) >= 11 is 0. The van der Waals surface area contributed by atoms with Gasteiger partial charge in [-0.1, -0.05) is 26.0 Å². The molecule has 1 fully saturated rings. The summed E-state index contributed by atoms with van der Waals surface area (Å²) in [6.07, 6.45) is 4.74. The van der Waals surface area contributed by atoms with Crippen molar-refractivity contribution in [2.45, 2.75) is 45.1 Å². The molecule has 0 saturated heterocycles. The Morgan fingerprint density at radius 2 is 1.75 bits per heavy atom. The molecule has 0 heterocycles. The van der Waals surface area contributed by atoms with Crippen LogP contribution in [0.15, 0.2) is 24.3 Å². The summed E-state index contributed by atoms with van der Waals surface area (Å²) < 4.78 is 5.51. The van der Waals surface area contributed by atoms with Gasteiger partial charge in [-0.2, -0.15) is 0 Å². The van der Waals surface area contributed by atoms with E-state index < -0.39 is 0 Å². The van der Waals surface area contributed by atoms with Crippen LogP contribution in [-0.2, 0) is 0 Å². The minimum atomic E-state index is 0.0597. The SMILES string of the molecule is COc1ccccc1N(C)C1(CN)CCC(C)(C)CC1. The Balaban J connectivity index is 2.27. The topological polar surface area (TPSA) is 38.5 Å². The summed E-state index contributed by atoms with van der Waals surface area (Å²) in [6, 6.07) is 8.21. The van der Waals surface area contributed by atoms with E-state index >= 15 is 0 Å². The lowest BCUT2D eigenvalue weighted by Gasteiger charge is -2.49. The van der Waals surface area contributed by atoms with Gasteiger partial charge in [0.05, 0.1) is 18.3 Å². The average Bonchev–Trinajstić information content (AvgIpc) is 2.47. The molecule has 0 atom stereocenters. The third kappa shape index (κ3) is 2.78. The van der Waals surface area contributed by atoms with Crippen LogP contribution in [0.2, 0.25) is 0 Å². The molecule has 0 radical (unpaired) electrons. The molecule has 3 heteroatoms. The van der Waals surface area contributed by atoms with Gasteiger partial charge in [-0.3, -0.25) is 0 Å². The van der Waals surface area contributed by atoms with Crippen LogP contribution in [0.3, 0.4) is 0 Å². The van der Waals surface area contributed by atoms with Crippen molar-refractivity contribution in [1.29, 1.82) is 0 Å². The number of ether oxygens (including phenoxy) is 1. The number of likely N-dealkylation sites (N-methyl/N-ethyl adjacent to an activating group) is 1. The summed E-state index contributed by atoms with van der Waals surface area (Å²) in [5.41, 5.74) is 7.82.